The Morgan fingerprint density at radius 3 is 2.30 bits per heavy atom. The predicted octanol–water partition coefficient (Wildman–Crippen LogP) is 6.25. The Kier molecular flexibility index (Phi) is 9.42. The largest absolute Gasteiger partial charge is 0.496 e. The summed E-state index contributed by atoms with van der Waals surface area (Å²) in [5.41, 5.74) is -0.227. The third-order valence-electron chi connectivity index (χ3n) is 8.26. The van der Waals surface area contributed by atoms with Crippen LogP contribution in [0.2, 0.25) is 0 Å². The SMILES string of the molecule is COc1ccc(-c2cc(CN3CCC[C@H]3C(F)(F)F)cc(NC(=O)c3cnc(N4CCC(C(=O)O)CC4)cn3)c2)cc1C(F)(F)F. The molecule has 0 radical (unpaired) electrons. The molecule has 0 bridgehead atoms. The van der Waals surface area contributed by atoms with Crippen molar-refractivity contribution in [1.29, 1.82) is 0 Å². The van der Waals surface area contributed by atoms with Gasteiger partial charge in [0.1, 0.15) is 23.3 Å². The molecule has 1 atom stereocenters. The van der Waals surface area contributed by atoms with Crippen LogP contribution in [0.3, 0.4) is 0 Å². The first-order valence-electron chi connectivity index (χ1n) is 14.5. The molecule has 2 aromatic carbocycles. The molecule has 2 fully saturated rings. The lowest BCUT2D eigenvalue weighted by atomic mass is 9.97. The first-order chi connectivity index (χ1) is 21.7. The zero-order valence-corrected chi connectivity index (χ0v) is 24.7. The number of carboxylic acids is 1. The zero-order chi connectivity index (χ0) is 33.2. The van der Waals surface area contributed by atoms with Crippen molar-refractivity contribution in [2.24, 2.45) is 5.92 Å². The molecule has 46 heavy (non-hydrogen) atoms. The quantitative estimate of drug-likeness (QED) is 0.276. The van der Waals surface area contributed by atoms with Gasteiger partial charge in [0.25, 0.3) is 5.91 Å². The number of ether oxygens (including phenoxy) is 1. The van der Waals surface area contributed by atoms with Gasteiger partial charge in [-0.2, -0.15) is 26.3 Å². The van der Waals surface area contributed by atoms with Crippen LogP contribution in [0.1, 0.15) is 47.3 Å². The summed E-state index contributed by atoms with van der Waals surface area (Å²) >= 11 is 0. The van der Waals surface area contributed by atoms with Crippen molar-refractivity contribution in [2.75, 3.05) is 37.0 Å². The number of amides is 1. The highest BCUT2D eigenvalue weighted by atomic mass is 19.4. The van der Waals surface area contributed by atoms with Gasteiger partial charge in [-0.25, -0.2) is 9.97 Å². The molecule has 2 N–H and O–H groups in total. The van der Waals surface area contributed by atoms with Crippen molar-refractivity contribution in [3.05, 3.63) is 65.6 Å². The van der Waals surface area contributed by atoms with E-state index in [0.29, 0.717) is 43.7 Å². The van der Waals surface area contributed by atoms with Gasteiger partial charge in [0.2, 0.25) is 0 Å². The van der Waals surface area contributed by atoms with E-state index in [0.717, 1.165) is 19.2 Å². The zero-order valence-electron chi connectivity index (χ0n) is 24.7. The minimum Gasteiger partial charge on any atom is -0.496 e. The molecule has 246 valence electrons. The maximum atomic E-state index is 13.8. The molecule has 0 saturated carbocycles. The number of aromatic nitrogens is 2. The molecule has 1 amide bonds. The van der Waals surface area contributed by atoms with Gasteiger partial charge in [0.15, 0.2) is 0 Å². The molecule has 5 rings (SSSR count). The summed E-state index contributed by atoms with van der Waals surface area (Å²) in [5, 5.41) is 11.9. The van der Waals surface area contributed by atoms with E-state index in [1.54, 1.807) is 0 Å². The molecule has 0 unspecified atom stereocenters. The second-order valence-electron chi connectivity index (χ2n) is 11.3. The maximum Gasteiger partial charge on any atom is 0.419 e. The number of hydrogen-bond acceptors (Lipinski definition) is 7. The standard InChI is InChI=1S/C31H31F6N5O4/c1-46-25-5-4-20(14-23(25)30(32,33)34)21-11-18(17-42-8-2-3-26(42)31(35,36)37)12-22(13-21)40-28(43)24-15-39-27(16-38-24)41-9-6-19(7-10-41)29(44)45/h4-5,11-16,19,26H,2-3,6-10,17H2,1H3,(H,40,43)(H,44,45)/t26-/m0/s1. The Bertz CT molecular complexity index is 1570. The van der Waals surface area contributed by atoms with Crippen molar-refractivity contribution in [2.45, 2.75) is 50.6 Å². The Morgan fingerprint density at radius 2 is 1.70 bits per heavy atom. The van der Waals surface area contributed by atoms with Gasteiger partial charge in [-0.15, -0.1) is 0 Å². The van der Waals surface area contributed by atoms with E-state index in [9.17, 15) is 41.0 Å². The molecule has 1 aromatic heterocycles. The fourth-order valence-corrected chi connectivity index (χ4v) is 5.90. The number of alkyl halides is 6. The minimum absolute atomic E-state index is 0.0631. The number of nitrogens with zero attached hydrogens (tertiary/aromatic N) is 4. The van der Waals surface area contributed by atoms with Gasteiger partial charge in [0, 0.05) is 25.3 Å². The normalized spacial score (nSPS) is 18.1. The average molecular weight is 652 g/mol. The van der Waals surface area contributed by atoms with Crippen LogP contribution in [-0.4, -0.2) is 70.8 Å². The summed E-state index contributed by atoms with van der Waals surface area (Å²) in [6, 6.07) is 6.21. The van der Waals surface area contributed by atoms with Gasteiger partial charge >= 0.3 is 18.3 Å². The van der Waals surface area contributed by atoms with E-state index in [4.69, 9.17) is 4.74 Å². The Labute approximate surface area is 260 Å². The summed E-state index contributed by atoms with van der Waals surface area (Å²) in [6.07, 6.45) is -5.38. The molecule has 15 heteroatoms. The van der Waals surface area contributed by atoms with Crippen molar-refractivity contribution in [3.8, 4) is 16.9 Å². The van der Waals surface area contributed by atoms with E-state index >= 15 is 0 Å². The maximum absolute atomic E-state index is 13.8. The lowest BCUT2D eigenvalue weighted by Crippen LogP contribution is -2.40. The fraction of sp³-hybridized carbons (Fsp3) is 0.419. The highest BCUT2D eigenvalue weighted by molar-refractivity contribution is 6.03. The van der Waals surface area contributed by atoms with Crippen LogP contribution < -0.4 is 15.0 Å². The van der Waals surface area contributed by atoms with E-state index in [1.807, 2.05) is 4.90 Å². The number of hydrogen-bond donors (Lipinski definition) is 2. The molecule has 0 aliphatic carbocycles. The highest BCUT2D eigenvalue weighted by Gasteiger charge is 2.45. The molecular formula is C31H31F6N5O4. The molecular weight excluding hydrogens is 620 g/mol. The molecule has 2 aliphatic rings. The van der Waals surface area contributed by atoms with Crippen LogP contribution in [0.5, 0.6) is 5.75 Å². The number of carbonyl (C=O) groups is 2. The lowest BCUT2D eigenvalue weighted by Gasteiger charge is -2.30. The van der Waals surface area contributed by atoms with Crippen molar-refractivity contribution in [1.82, 2.24) is 14.9 Å². The average Bonchev–Trinajstić information content (AvgIpc) is 3.49. The first-order valence-corrected chi connectivity index (χ1v) is 14.5. The van der Waals surface area contributed by atoms with Crippen molar-refractivity contribution >= 4 is 23.4 Å². The monoisotopic (exact) mass is 651 g/mol. The van der Waals surface area contributed by atoms with Gasteiger partial charge in [0.05, 0.1) is 31.0 Å². The van der Waals surface area contributed by atoms with Crippen LogP contribution >= 0.6 is 0 Å². The number of anilines is 2. The minimum atomic E-state index is -4.73. The fourth-order valence-electron chi connectivity index (χ4n) is 5.90. The summed E-state index contributed by atoms with van der Waals surface area (Å²) in [4.78, 5) is 36.0. The number of benzene rings is 2. The van der Waals surface area contributed by atoms with Crippen LogP contribution in [0.15, 0.2) is 48.8 Å². The molecule has 0 spiro atoms. The Balaban J connectivity index is 1.42. The van der Waals surface area contributed by atoms with Gasteiger partial charge in [-0.3, -0.25) is 14.5 Å². The van der Waals surface area contributed by atoms with Crippen LogP contribution in [-0.2, 0) is 17.5 Å². The van der Waals surface area contributed by atoms with Gasteiger partial charge in [-0.05, 0) is 79.3 Å². The molecule has 3 aromatic rings. The van der Waals surface area contributed by atoms with E-state index in [1.165, 1.54) is 41.6 Å². The van der Waals surface area contributed by atoms with E-state index < -0.39 is 41.8 Å². The summed E-state index contributed by atoms with van der Waals surface area (Å²) < 4.78 is 87.2. The number of carbonyl (C=O) groups excluding carboxylic acids is 1. The number of rotatable bonds is 8. The van der Waals surface area contributed by atoms with Gasteiger partial charge < -0.3 is 20.1 Å². The highest BCUT2D eigenvalue weighted by Crippen LogP contribution is 2.40. The smallest absolute Gasteiger partial charge is 0.419 e. The molecule has 2 saturated heterocycles. The Morgan fingerprint density at radius 1 is 0.957 bits per heavy atom. The first kappa shape index (κ1) is 33.0. The molecule has 2 aliphatic heterocycles. The summed E-state index contributed by atoms with van der Waals surface area (Å²) in [7, 11) is 1.11. The number of methoxy groups -OCH3 is 1. The third kappa shape index (κ3) is 7.52. The topological polar surface area (TPSA) is 108 Å². The number of piperidine rings is 1. The number of carboxylic acid groups (broad SMARTS) is 1. The van der Waals surface area contributed by atoms with Crippen LogP contribution in [0.25, 0.3) is 11.1 Å². The predicted molar refractivity (Wildman–Crippen MR) is 155 cm³/mol. The van der Waals surface area contributed by atoms with Gasteiger partial charge in [-0.1, -0.05) is 6.07 Å². The van der Waals surface area contributed by atoms with E-state index in [2.05, 4.69) is 15.3 Å². The number of aliphatic carboxylic acids is 1. The number of nitrogens with one attached hydrogen (secondary N) is 1. The molecule has 3 heterocycles. The Hall–Kier alpha value is -4.40. The molecule has 9 nitrogen and oxygen atoms in total. The van der Waals surface area contributed by atoms with Crippen LogP contribution in [0, 0.1) is 5.92 Å². The van der Waals surface area contributed by atoms with Crippen LogP contribution in [0.4, 0.5) is 37.8 Å². The second kappa shape index (κ2) is 13.1. The number of likely N-dealkylation sites (tertiary alicyclic amines) is 1. The lowest BCUT2D eigenvalue weighted by molar-refractivity contribution is -0.177. The van der Waals surface area contributed by atoms with Crippen molar-refractivity contribution < 1.29 is 45.8 Å². The van der Waals surface area contributed by atoms with Crippen molar-refractivity contribution in [3.63, 3.8) is 0 Å². The van der Waals surface area contributed by atoms with E-state index in [-0.39, 0.29) is 47.8 Å². The summed E-state index contributed by atoms with van der Waals surface area (Å²) in [5.74, 6) is -1.89. The second-order valence-corrected chi connectivity index (χ2v) is 11.3. The number of halogens is 6. The summed E-state index contributed by atoms with van der Waals surface area (Å²) in [6.45, 7) is 0.962. The third-order valence-corrected chi connectivity index (χ3v) is 8.26.